The highest BCUT2D eigenvalue weighted by atomic mass is 32.1. The predicted molar refractivity (Wildman–Crippen MR) is 87.6 cm³/mol. The molecule has 23 heavy (non-hydrogen) atoms. The van der Waals surface area contributed by atoms with E-state index in [1.54, 1.807) is 11.3 Å². The predicted octanol–water partition coefficient (Wildman–Crippen LogP) is 2.60. The zero-order valence-electron chi connectivity index (χ0n) is 13.0. The van der Waals surface area contributed by atoms with Crippen LogP contribution in [0.5, 0.6) is 0 Å². The number of anilines is 1. The maximum absolute atomic E-state index is 13.7. The van der Waals surface area contributed by atoms with Gasteiger partial charge in [-0.2, -0.15) is 0 Å². The second-order valence-corrected chi connectivity index (χ2v) is 6.95. The van der Waals surface area contributed by atoms with Gasteiger partial charge < -0.3 is 10.0 Å². The summed E-state index contributed by atoms with van der Waals surface area (Å²) >= 11 is 1.63. The lowest BCUT2D eigenvalue weighted by molar-refractivity contribution is 0.0694. The molecular formula is C16H18FN3O2S. The Bertz CT molecular complexity index is 745. The van der Waals surface area contributed by atoms with E-state index in [1.807, 2.05) is 25.2 Å². The Hall–Kier alpha value is -1.99. The SMILES string of the molecule is CN(C)c1ncc(CN2CCc3c(cc(F)cc3C(=O)O)C2)s1. The average Bonchev–Trinajstić information content (AvgIpc) is 2.94. The van der Waals surface area contributed by atoms with Crippen LogP contribution in [0.3, 0.4) is 0 Å². The minimum atomic E-state index is -1.06. The van der Waals surface area contributed by atoms with Crippen LogP contribution in [0.1, 0.15) is 26.4 Å². The number of carboxylic acid groups (broad SMARTS) is 1. The lowest BCUT2D eigenvalue weighted by atomic mass is 9.94. The highest BCUT2D eigenvalue weighted by Gasteiger charge is 2.23. The van der Waals surface area contributed by atoms with Crippen molar-refractivity contribution in [1.82, 2.24) is 9.88 Å². The molecule has 0 atom stereocenters. The molecule has 3 rings (SSSR count). The van der Waals surface area contributed by atoms with Gasteiger partial charge >= 0.3 is 5.97 Å². The molecule has 2 heterocycles. The number of benzene rings is 1. The molecule has 0 bridgehead atoms. The minimum Gasteiger partial charge on any atom is -0.478 e. The maximum Gasteiger partial charge on any atom is 0.336 e. The van der Waals surface area contributed by atoms with Crippen LogP contribution in [0.4, 0.5) is 9.52 Å². The molecule has 0 saturated heterocycles. The number of carboxylic acids is 1. The molecule has 5 nitrogen and oxygen atoms in total. The van der Waals surface area contributed by atoms with Crippen molar-refractivity contribution in [3.8, 4) is 0 Å². The molecule has 7 heteroatoms. The first-order chi connectivity index (χ1) is 10.9. The van der Waals surface area contributed by atoms with Crippen molar-refractivity contribution in [2.75, 3.05) is 25.5 Å². The molecule has 1 aromatic carbocycles. The Labute approximate surface area is 138 Å². The number of fused-ring (bicyclic) bond motifs is 1. The van der Waals surface area contributed by atoms with Crippen LogP contribution in [-0.4, -0.2) is 41.6 Å². The molecule has 1 N–H and O–H groups in total. The van der Waals surface area contributed by atoms with Crippen LogP contribution in [0, 0.1) is 5.82 Å². The Morgan fingerprint density at radius 3 is 2.91 bits per heavy atom. The number of aromatic carboxylic acids is 1. The Morgan fingerprint density at radius 2 is 2.26 bits per heavy atom. The van der Waals surface area contributed by atoms with E-state index in [2.05, 4.69) is 9.88 Å². The molecule has 1 aliphatic heterocycles. The fraction of sp³-hybridized carbons (Fsp3) is 0.375. The molecule has 0 amide bonds. The van der Waals surface area contributed by atoms with Crippen LogP contribution in [0.2, 0.25) is 0 Å². The number of nitrogens with zero attached hydrogens (tertiary/aromatic N) is 3. The molecule has 0 unspecified atom stereocenters. The summed E-state index contributed by atoms with van der Waals surface area (Å²) in [6, 6.07) is 2.56. The van der Waals surface area contributed by atoms with Crippen LogP contribution >= 0.6 is 11.3 Å². The highest BCUT2D eigenvalue weighted by molar-refractivity contribution is 7.15. The molecule has 1 aliphatic rings. The summed E-state index contributed by atoms with van der Waals surface area (Å²) in [6.45, 7) is 2.06. The number of halogens is 1. The van der Waals surface area contributed by atoms with E-state index >= 15 is 0 Å². The van der Waals surface area contributed by atoms with E-state index in [1.165, 1.54) is 6.07 Å². The van der Waals surface area contributed by atoms with Crippen LogP contribution in [-0.2, 0) is 19.5 Å². The smallest absolute Gasteiger partial charge is 0.336 e. The van der Waals surface area contributed by atoms with Crippen molar-refractivity contribution >= 4 is 22.4 Å². The second-order valence-electron chi connectivity index (χ2n) is 5.86. The maximum atomic E-state index is 13.7. The largest absolute Gasteiger partial charge is 0.478 e. The molecule has 0 saturated carbocycles. The number of hydrogen-bond acceptors (Lipinski definition) is 5. The standard InChI is InChI=1S/C16H18FN3O2S/c1-19(2)16-18-7-12(23-16)9-20-4-3-13-10(8-20)5-11(17)6-14(13)15(21)22/h5-7H,3-4,8-9H2,1-2H3,(H,21,22). The number of aromatic nitrogens is 1. The van der Waals surface area contributed by atoms with Gasteiger partial charge in [0.1, 0.15) is 5.82 Å². The fourth-order valence-electron chi connectivity index (χ4n) is 2.84. The summed E-state index contributed by atoms with van der Waals surface area (Å²) in [6.07, 6.45) is 2.49. The topological polar surface area (TPSA) is 56.7 Å². The van der Waals surface area contributed by atoms with E-state index in [4.69, 9.17) is 0 Å². The summed E-state index contributed by atoms with van der Waals surface area (Å²) < 4.78 is 13.7. The van der Waals surface area contributed by atoms with E-state index in [9.17, 15) is 14.3 Å². The lowest BCUT2D eigenvalue weighted by Gasteiger charge is -2.29. The van der Waals surface area contributed by atoms with Crippen molar-refractivity contribution in [1.29, 1.82) is 0 Å². The molecule has 0 aliphatic carbocycles. The Kier molecular flexibility index (Phi) is 4.32. The Morgan fingerprint density at radius 1 is 1.48 bits per heavy atom. The summed E-state index contributed by atoms with van der Waals surface area (Å²) in [5, 5.41) is 10.2. The van der Waals surface area contributed by atoms with Crippen molar-refractivity contribution in [3.63, 3.8) is 0 Å². The first-order valence-electron chi connectivity index (χ1n) is 7.33. The normalized spacial score (nSPS) is 14.6. The average molecular weight is 335 g/mol. The first-order valence-corrected chi connectivity index (χ1v) is 8.14. The molecule has 122 valence electrons. The van der Waals surface area contributed by atoms with E-state index in [0.717, 1.165) is 40.3 Å². The van der Waals surface area contributed by atoms with Gasteiger partial charge in [-0.15, -0.1) is 11.3 Å². The zero-order chi connectivity index (χ0) is 16.6. The third-order valence-electron chi connectivity index (χ3n) is 3.91. The Balaban J connectivity index is 1.78. The quantitative estimate of drug-likeness (QED) is 0.931. The summed E-state index contributed by atoms with van der Waals surface area (Å²) in [7, 11) is 3.91. The molecule has 2 aromatic rings. The van der Waals surface area contributed by atoms with Crippen molar-refractivity contribution in [2.24, 2.45) is 0 Å². The van der Waals surface area contributed by atoms with Crippen LogP contribution in [0.15, 0.2) is 18.3 Å². The first kappa shape index (κ1) is 15.9. The van der Waals surface area contributed by atoms with E-state index < -0.39 is 11.8 Å². The molecule has 1 aromatic heterocycles. The van der Waals surface area contributed by atoms with Gasteiger partial charge in [0.2, 0.25) is 0 Å². The number of hydrogen-bond donors (Lipinski definition) is 1. The third-order valence-corrected chi connectivity index (χ3v) is 5.06. The van der Waals surface area contributed by atoms with Gasteiger partial charge in [0.05, 0.1) is 5.56 Å². The second kappa shape index (κ2) is 6.25. The summed E-state index contributed by atoms with van der Waals surface area (Å²) in [4.78, 5) is 20.9. The van der Waals surface area contributed by atoms with Gasteiger partial charge in [0.15, 0.2) is 5.13 Å². The fourth-order valence-corrected chi connectivity index (χ4v) is 3.72. The molecular weight excluding hydrogens is 317 g/mol. The van der Waals surface area contributed by atoms with Gasteiger partial charge in [0, 0.05) is 44.8 Å². The highest BCUT2D eigenvalue weighted by Crippen LogP contribution is 2.27. The van der Waals surface area contributed by atoms with Gasteiger partial charge in [-0.1, -0.05) is 0 Å². The summed E-state index contributed by atoms with van der Waals surface area (Å²) in [5.41, 5.74) is 1.62. The van der Waals surface area contributed by atoms with Crippen molar-refractivity contribution in [3.05, 3.63) is 45.7 Å². The number of carbonyl (C=O) groups is 1. The van der Waals surface area contributed by atoms with E-state index in [0.29, 0.717) is 13.0 Å². The van der Waals surface area contributed by atoms with Gasteiger partial charge in [0.25, 0.3) is 0 Å². The third kappa shape index (κ3) is 3.35. The van der Waals surface area contributed by atoms with Crippen LogP contribution < -0.4 is 4.90 Å². The van der Waals surface area contributed by atoms with Crippen LogP contribution in [0.25, 0.3) is 0 Å². The molecule has 0 fully saturated rings. The number of thiazole rings is 1. The van der Waals surface area contributed by atoms with E-state index in [-0.39, 0.29) is 5.56 Å². The molecule has 0 spiro atoms. The minimum absolute atomic E-state index is 0.0901. The zero-order valence-corrected chi connectivity index (χ0v) is 13.9. The monoisotopic (exact) mass is 335 g/mol. The molecule has 0 radical (unpaired) electrons. The van der Waals surface area contributed by atoms with Crippen molar-refractivity contribution < 1.29 is 14.3 Å². The summed E-state index contributed by atoms with van der Waals surface area (Å²) in [5.74, 6) is -1.55. The lowest BCUT2D eigenvalue weighted by Crippen LogP contribution is -2.31. The van der Waals surface area contributed by atoms with Crippen molar-refractivity contribution in [2.45, 2.75) is 19.5 Å². The number of rotatable bonds is 4. The van der Waals surface area contributed by atoms with Gasteiger partial charge in [-0.25, -0.2) is 14.2 Å². The van der Waals surface area contributed by atoms with Gasteiger partial charge in [-0.05, 0) is 29.7 Å². The van der Waals surface area contributed by atoms with Gasteiger partial charge in [-0.3, -0.25) is 4.90 Å².